The van der Waals surface area contributed by atoms with Crippen LogP contribution in [-0.4, -0.2) is 17.8 Å². The van der Waals surface area contributed by atoms with Crippen LogP contribution < -0.4 is 5.32 Å². The highest BCUT2D eigenvalue weighted by molar-refractivity contribution is 9.11. The largest absolute Gasteiger partial charge is 0.394 e. The molecule has 2 nitrogen and oxygen atoms in total. The van der Waals surface area contributed by atoms with Gasteiger partial charge in [0.05, 0.1) is 16.4 Å². The summed E-state index contributed by atoms with van der Waals surface area (Å²) in [5, 5.41) is 13.0. The Morgan fingerprint density at radius 1 is 1.38 bits per heavy atom. The van der Waals surface area contributed by atoms with Crippen molar-refractivity contribution in [2.45, 2.75) is 44.2 Å². The molecule has 1 heterocycles. The number of halogens is 1. The summed E-state index contributed by atoms with van der Waals surface area (Å²) in [4.78, 5) is 1.22. The van der Waals surface area contributed by atoms with Crippen molar-refractivity contribution in [1.82, 2.24) is 5.32 Å². The van der Waals surface area contributed by atoms with Gasteiger partial charge in [-0.25, -0.2) is 0 Å². The molecule has 2 N–H and O–H groups in total. The minimum atomic E-state index is 0.111. The van der Waals surface area contributed by atoms with Crippen LogP contribution in [0.25, 0.3) is 0 Å². The molecule has 1 aliphatic carbocycles. The molecule has 0 radical (unpaired) electrons. The number of aliphatic hydroxyl groups excluding tert-OH is 1. The van der Waals surface area contributed by atoms with Gasteiger partial charge in [-0.2, -0.15) is 0 Å². The average molecular weight is 304 g/mol. The highest BCUT2D eigenvalue weighted by Crippen LogP contribution is 2.28. The van der Waals surface area contributed by atoms with Crippen LogP contribution in [0.2, 0.25) is 0 Å². The van der Waals surface area contributed by atoms with Crippen molar-refractivity contribution in [3.8, 4) is 0 Å². The summed E-state index contributed by atoms with van der Waals surface area (Å²) in [7, 11) is 0. The summed E-state index contributed by atoms with van der Waals surface area (Å²) >= 11 is 5.17. The molecule has 1 aromatic rings. The number of aliphatic hydroxyl groups is 1. The molecule has 1 atom stereocenters. The lowest BCUT2D eigenvalue weighted by atomic mass is 9.95. The van der Waals surface area contributed by atoms with Crippen LogP contribution in [0.4, 0.5) is 0 Å². The predicted molar refractivity (Wildman–Crippen MR) is 71.9 cm³/mol. The highest BCUT2D eigenvalue weighted by Gasteiger charge is 2.19. The van der Waals surface area contributed by atoms with Crippen molar-refractivity contribution in [3.05, 3.63) is 20.8 Å². The number of rotatable bonds is 4. The Kier molecular flexibility index (Phi) is 4.82. The smallest absolute Gasteiger partial charge is 0.0702 e. The van der Waals surface area contributed by atoms with Crippen LogP contribution in [0.1, 0.15) is 43.0 Å². The molecule has 0 bridgehead atoms. The van der Waals surface area contributed by atoms with Gasteiger partial charge >= 0.3 is 0 Å². The summed E-state index contributed by atoms with van der Waals surface area (Å²) in [6, 6.07) is 4.84. The molecular formula is C12H18BrNOS. The summed E-state index contributed by atoms with van der Waals surface area (Å²) < 4.78 is 1.13. The van der Waals surface area contributed by atoms with Crippen molar-refractivity contribution in [1.29, 1.82) is 0 Å². The van der Waals surface area contributed by atoms with Gasteiger partial charge in [0.15, 0.2) is 0 Å². The SMILES string of the molecule is OCC(NC1CCCCC1)c1ccc(Br)s1. The molecular weight excluding hydrogens is 286 g/mol. The van der Waals surface area contributed by atoms with Crippen LogP contribution in [-0.2, 0) is 0 Å². The fraction of sp³-hybridized carbons (Fsp3) is 0.667. The van der Waals surface area contributed by atoms with Gasteiger partial charge in [0.1, 0.15) is 0 Å². The second-order valence-electron chi connectivity index (χ2n) is 4.38. The highest BCUT2D eigenvalue weighted by atomic mass is 79.9. The molecule has 90 valence electrons. The lowest BCUT2D eigenvalue weighted by Gasteiger charge is -2.27. The van der Waals surface area contributed by atoms with E-state index in [0.29, 0.717) is 6.04 Å². The Hall–Kier alpha value is 0.1000. The number of hydrogen-bond donors (Lipinski definition) is 2. The Morgan fingerprint density at radius 2 is 2.12 bits per heavy atom. The van der Waals surface area contributed by atoms with Crippen molar-refractivity contribution in [3.63, 3.8) is 0 Å². The molecule has 1 unspecified atom stereocenters. The molecule has 4 heteroatoms. The van der Waals surface area contributed by atoms with Gasteiger partial charge in [-0.3, -0.25) is 0 Å². The summed E-state index contributed by atoms with van der Waals surface area (Å²) in [6.07, 6.45) is 6.52. The second kappa shape index (κ2) is 6.15. The van der Waals surface area contributed by atoms with Crippen LogP contribution in [0.15, 0.2) is 15.9 Å². The molecule has 0 aromatic carbocycles. The van der Waals surface area contributed by atoms with Gasteiger partial charge in [-0.1, -0.05) is 19.3 Å². The van der Waals surface area contributed by atoms with Gasteiger partial charge in [0.25, 0.3) is 0 Å². The first-order valence-corrected chi connectivity index (χ1v) is 7.52. The Bertz CT molecular complexity index is 323. The molecule has 1 aromatic heterocycles. The molecule has 2 rings (SSSR count). The van der Waals surface area contributed by atoms with Crippen molar-refractivity contribution >= 4 is 27.3 Å². The number of thiophene rings is 1. The summed E-state index contributed by atoms with van der Waals surface area (Å²) in [6.45, 7) is 0.184. The standard InChI is InChI=1S/C12H18BrNOS/c13-12-7-6-11(16-12)10(8-15)14-9-4-2-1-3-5-9/h6-7,9-10,14-15H,1-5,8H2. The van der Waals surface area contributed by atoms with E-state index in [9.17, 15) is 5.11 Å². The van der Waals surface area contributed by atoms with Gasteiger partial charge < -0.3 is 10.4 Å². The number of hydrogen-bond acceptors (Lipinski definition) is 3. The zero-order valence-corrected chi connectivity index (χ0v) is 11.7. The zero-order valence-electron chi connectivity index (χ0n) is 9.29. The van der Waals surface area contributed by atoms with Crippen LogP contribution in [0.5, 0.6) is 0 Å². The molecule has 0 aliphatic heterocycles. The third-order valence-electron chi connectivity index (χ3n) is 3.16. The average Bonchev–Trinajstić information content (AvgIpc) is 2.74. The third-order valence-corrected chi connectivity index (χ3v) is 4.90. The third kappa shape index (κ3) is 3.29. The molecule has 1 aliphatic rings. The van der Waals surface area contributed by atoms with Crippen molar-refractivity contribution in [2.24, 2.45) is 0 Å². The van der Waals surface area contributed by atoms with E-state index in [-0.39, 0.29) is 12.6 Å². The molecule has 0 spiro atoms. The van der Waals surface area contributed by atoms with E-state index in [1.807, 2.05) is 6.07 Å². The lowest BCUT2D eigenvalue weighted by Crippen LogP contribution is -2.35. The van der Waals surface area contributed by atoms with E-state index >= 15 is 0 Å². The fourth-order valence-corrected chi connectivity index (χ4v) is 3.77. The van der Waals surface area contributed by atoms with Gasteiger partial charge in [0, 0.05) is 10.9 Å². The van der Waals surface area contributed by atoms with E-state index in [1.165, 1.54) is 37.0 Å². The van der Waals surface area contributed by atoms with E-state index in [2.05, 4.69) is 27.3 Å². The van der Waals surface area contributed by atoms with Gasteiger partial charge in [-0.15, -0.1) is 11.3 Å². The van der Waals surface area contributed by atoms with Gasteiger partial charge in [0.2, 0.25) is 0 Å². The van der Waals surface area contributed by atoms with Crippen LogP contribution in [0.3, 0.4) is 0 Å². The molecule has 0 amide bonds. The first-order valence-electron chi connectivity index (χ1n) is 5.91. The Morgan fingerprint density at radius 3 is 2.69 bits per heavy atom. The first-order chi connectivity index (χ1) is 7.79. The van der Waals surface area contributed by atoms with Gasteiger partial charge in [-0.05, 0) is 40.9 Å². The second-order valence-corrected chi connectivity index (χ2v) is 6.87. The predicted octanol–water partition coefficient (Wildman–Crippen LogP) is 3.47. The number of nitrogens with one attached hydrogen (secondary N) is 1. The Balaban J connectivity index is 1.94. The summed E-state index contributed by atoms with van der Waals surface area (Å²) in [5.74, 6) is 0. The van der Waals surface area contributed by atoms with Crippen LogP contribution >= 0.6 is 27.3 Å². The maximum Gasteiger partial charge on any atom is 0.0702 e. The Labute approximate surface area is 109 Å². The fourth-order valence-electron chi connectivity index (χ4n) is 2.29. The first kappa shape index (κ1) is 12.6. The van der Waals surface area contributed by atoms with E-state index in [1.54, 1.807) is 11.3 Å². The normalized spacial score (nSPS) is 19.9. The summed E-state index contributed by atoms with van der Waals surface area (Å²) in [5.41, 5.74) is 0. The van der Waals surface area contributed by atoms with E-state index in [0.717, 1.165) is 3.79 Å². The van der Waals surface area contributed by atoms with Crippen LogP contribution in [0, 0.1) is 0 Å². The molecule has 1 saturated carbocycles. The molecule has 1 fully saturated rings. The molecule has 0 saturated heterocycles. The maximum atomic E-state index is 9.45. The minimum absolute atomic E-state index is 0.111. The minimum Gasteiger partial charge on any atom is -0.394 e. The van der Waals surface area contributed by atoms with E-state index < -0.39 is 0 Å². The van der Waals surface area contributed by atoms with E-state index in [4.69, 9.17) is 0 Å². The monoisotopic (exact) mass is 303 g/mol. The topological polar surface area (TPSA) is 32.3 Å². The lowest BCUT2D eigenvalue weighted by molar-refractivity contribution is 0.222. The maximum absolute atomic E-state index is 9.45. The molecule has 16 heavy (non-hydrogen) atoms. The quantitative estimate of drug-likeness (QED) is 0.893. The zero-order chi connectivity index (χ0) is 11.4. The van der Waals surface area contributed by atoms with Crippen molar-refractivity contribution in [2.75, 3.05) is 6.61 Å². The van der Waals surface area contributed by atoms with Crippen molar-refractivity contribution < 1.29 is 5.11 Å².